The Balaban J connectivity index is 1.96. The zero-order valence-corrected chi connectivity index (χ0v) is 13.3. The lowest BCUT2D eigenvalue weighted by Gasteiger charge is -2.25. The minimum Gasteiger partial charge on any atom is -0.329 e. The van der Waals surface area contributed by atoms with Crippen LogP contribution in [0.5, 0.6) is 0 Å². The molecule has 0 bridgehead atoms. The molecule has 19 heavy (non-hydrogen) atoms. The number of hydrogen-bond donors (Lipinski definition) is 1. The molecule has 2 aromatic heterocycles. The third kappa shape index (κ3) is 3.89. The van der Waals surface area contributed by atoms with Crippen molar-refractivity contribution in [1.82, 2.24) is 4.90 Å². The van der Waals surface area contributed by atoms with Gasteiger partial charge in [0.05, 0.1) is 6.04 Å². The highest BCUT2D eigenvalue weighted by Gasteiger charge is 2.17. The van der Waals surface area contributed by atoms with Gasteiger partial charge in [0.2, 0.25) is 0 Å². The maximum absolute atomic E-state index is 5.97. The Bertz CT molecular complexity index is 476. The van der Waals surface area contributed by atoms with Gasteiger partial charge in [0, 0.05) is 27.7 Å². The Hall–Kier alpha value is -0.680. The second-order valence-electron chi connectivity index (χ2n) is 4.72. The summed E-state index contributed by atoms with van der Waals surface area (Å²) in [5.41, 5.74) is 5.97. The van der Waals surface area contributed by atoms with E-state index in [0.29, 0.717) is 12.6 Å². The number of aryl methyl sites for hydroxylation is 1. The zero-order chi connectivity index (χ0) is 13.7. The molecule has 0 aliphatic rings. The summed E-state index contributed by atoms with van der Waals surface area (Å²) in [5.74, 6) is 0. The van der Waals surface area contributed by atoms with Crippen LogP contribution in [0.2, 0.25) is 0 Å². The monoisotopic (exact) mass is 294 g/mol. The van der Waals surface area contributed by atoms with Crippen LogP contribution in [0.4, 0.5) is 0 Å². The fourth-order valence-electron chi connectivity index (χ4n) is 2.17. The summed E-state index contributed by atoms with van der Waals surface area (Å²) >= 11 is 3.73. The molecular weight excluding hydrogens is 272 g/mol. The molecule has 0 aromatic carbocycles. The highest BCUT2D eigenvalue weighted by molar-refractivity contribution is 7.12. The molecule has 0 aliphatic heterocycles. The van der Waals surface area contributed by atoms with Gasteiger partial charge in [-0.05, 0) is 43.5 Å². The van der Waals surface area contributed by atoms with Crippen molar-refractivity contribution in [3.8, 4) is 0 Å². The molecule has 2 N–H and O–H groups in total. The first-order chi connectivity index (χ1) is 9.24. The SMILES string of the molecule is CCc1ccc(C(CN)N(C)CCc2cccs2)s1. The van der Waals surface area contributed by atoms with Crippen LogP contribution >= 0.6 is 22.7 Å². The van der Waals surface area contributed by atoms with Gasteiger partial charge in [0.15, 0.2) is 0 Å². The first kappa shape index (κ1) is 14.7. The molecule has 1 atom stereocenters. The maximum atomic E-state index is 5.97. The van der Waals surface area contributed by atoms with Crippen LogP contribution in [-0.2, 0) is 12.8 Å². The molecule has 2 heterocycles. The first-order valence-corrected chi connectivity index (χ1v) is 8.45. The molecule has 0 amide bonds. The molecule has 2 aromatic rings. The molecule has 2 rings (SSSR count). The number of nitrogens with zero attached hydrogens (tertiary/aromatic N) is 1. The molecule has 0 radical (unpaired) electrons. The van der Waals surface area contributed by atoms with Crippen LogP contribution in [0, 0.1) is 0 Å². The molecule has 0 aliphatic carbocycles. The predicted octanol–water partition coefficient (Wildman–Crippen LogP) is 3.55. The number of likely N-dealkylation sites (N-methyl/N-ethyl adjacent to an activating group) is 1. The van der Waals surface area contributed by atoms with Crippen molar-refractivity contribution >= 4 is 22.7 Å². The van der Waals surface area contributed by atoms with E-state index >= 15 is 0 Å². The largest absolute Gasteiger partial charge is 0.329 e. The van der Waals surface area contributed by atoms with Crippen LogP contribution in [-0.4, -0.2) is 25.0 Å². The zero-order valence-electron chi connectivity index (χ0n) is 11.6. The lowest BCUT2D eigenvalue weighted by atomic mass is 10.2. The van der Waals surface area contributed by atoms with Gasteiger partial charge in [-0.3, -0.25) is 4.90 Å². The summed E-state index contributed by atoms with van der Waals surface area (Å²) in [5, 5.41) is 2.14. The van der Waals surface area contributed by atoms with E-state index in [4.69, 9.17) is 5.73 Å². The van der Waals surface area contributed by atoms with Gasteiger partial charge in [0.25, 0.3) is 0 Å². The van der Waals surface area contributed by atoms with Crippen molar-refractivity contribution in [2.24, 2.45) is 5.73 Å². The van der Waals surface area contributed by atoms with Crippen LogP contribution < -0.4 is 5.73 Å². The van der Waals surface area contributed by atoms with Crippen molar-refractivity contribution < 1.29 is 0 Å². The fraction of sp³-hybridized carbons (Fsp3) is 0.467. The van der Waals surface area contributed by atoms with E-state index < -0.39 is 0 Å². The van der Waals surface area contributed by atoms with Gasteiger partial charge in [-0.25, -0.2) is 0 Å². The topological polar surface area (TPSA) is 29.3 Å². The van der Waals surface area contributed by atoms with E-state index in [1.54, 1.807) is 0 Å². The molecular formula is C15H22N2S2. The third-order valence-electron chi connectivity index (χ3n) is 3.41. The molecule has 0 saturated carbocycles. The highest BCUT2D eigenvalue weighted by Crippen LogP contribution is 2.27. The van der Waals surface area contributed by atoms with Gasteiger partial charge in [-0.15, -0.1) is 22.7 Å². The summed E-state index contributed by atoms with van der Waals surface area (Å²) < 4.78 is 0. The predicted molar refractivity (Wildman–Crippen MR) is 86.1 cm³/mol. The Morgan fingerprint density at radius 1 is 1.26 bits per heavy atom. The number of nitrogens with two attached hydrogens (primary N) is 1. The minimum absolute atomic E-state index is 0.352. The van der Waals surface area contributed by atoms with Crippen molar-refractivity contribution in [2.45, 2.75) is 25.8 Å². The van der Waals surface area contributed by atoms with Gasteiger partial charge < -0.3 is 5.73 Å². The second kappa shape index (κ2) is 7.20. The van der Waals surface area contributed by atoms with E-state index in [0.717, 1.165) is 19.4 Å². The Morgan fingerprint density at radius 3 is 2.68 bits per heavy atom. The third-order valence-corrected chi connectivity index (χ3v) is 5.67. The summed E-state index contributed by atoms with van der Waals surface area (Å²) in [4.78, 5) is 6.67. The maximum Gasteiger partial charge on any atom is 0.0562 e. The number of hydrogen-bond acceptors (Lipinski definition) is 4. The van der Waals surface area contributed by atoms with Crippen LogP contribution in [0.25, 0.3) is 0 Å². The van der Waals surface area contributed by atoms with E-state index in [1.165, 1.54) is 14.6 Å². The average Bonchev–Trinajstić information content (AvgIpc) is 3.08. The summed E-state index contributed by atoms with van der Waals surface area (Å²) in [6.45, 7) is 3.94. The molecule has 0 saturated heterocycles. The van der Waals surface area contributed by atoms with E-state index in [-0.39, 0.29) is 0 Å². The Kier molecular flexibility index (Phi) is 5.58. The summed E-state index contributed by atoms with van der Waals surface area (Å²) in [7, 11) is 2.18. The van der Waals surface area contributed by atoms with Crippen LogP contribution in [0.15, 0.2) is 29.6 Å². The summed E-state index contributed by atoms with van der Waals surface area (Å²) in [6.07, 6.45) is 2.22. The first-order valence-electron chi connectivity index (χ1n) is 6.76. The molecule has 104 valence electrons. The molecule has 4 heteroatoms. The molecule has 1 unspecified atom stereocenters. The van der Waals surface area contributed by atoms with Gasteiger partial charge in [0.1, 0.15) is 0 Å². The van der Waals surface area contributed by atoms with Crippen LogP contribution in [0.3, 0.4) is 0 Å². The smallest absolute Gasteiger partial charge is 0.0562 e. The van der Waals surface area contributed by atoms with Crippen molar-refractivity contribution in [1.29, 1.82) is 0 Å². The van der Waals surface area contributed by atoms with Gasteiger partial charge >= 0.3 is 0 Å². The Morgan fingerprint density at radius 2 is 2.11 bits per heavy atom. The molecule has 0 fully saturated rings. The van der Waals surface area contributed by atoms with Gasteiger partial charge in [-0.2, -0.15) is 0 Å². The normalized spacial score (nSPS) is 13.1. The van der Waals surface area contributed by atoms with E-state index in [9.17, 15) is 0 Å². The van der Waals surface area contributed by atoms with E-state index in [2.05, 4.69) is 48.5 Å². The second-order valence-corrected chi connectivity index (χ2v) is 6.95. The quantitative estimate of drug-likeness (QED) is 0.846. The van der Waals surface area contributed by atoms with Crippen molar-refractivity contribution in [3.63, 3.8) is 0 Å². The van der Waals surface area contributed by atoms with Crippen molar-refractivity contribution in [3.05, 3.63) is 44.3 Å². The molecule has 2 nitrogen and oxygen atoms in total. The lowest BCUT2D eigenvalue weighted by molar-refractivity contribution is 0.257. The fourth-order valence-corrected chi connectivity index (χ4v) is 4.00. The lowest BCUT2D eigenvalue weighted by Crippen LogP contribution is -2.31. The number of thiophene rings is 2. The minimum atomic E-state index is 0.352. The average molecular weight is 294 g/mol. The van der Waals surface area contributed by atoms with Gasteiger partial charge in [-0.1, -0.05) is 13.0 Å². The van der Waals surface area contributed by atoms with Crippen LogP contribution in [0.1, 0.15) is 27.6 Å². The highest BCUT2D eigenvalue weighted by atomic mass is 32.1. The Labute approximate surface area is 123 Å². The standard InChI is InChI=1S/C15H22N2S2/c1-3-12-6-7-15(19-12)14(11-16)17(2)9-8-13-5-4-10-18-13/h4-7,10,14H,3,8-9,11,16H2,1-2H3. The summed E-state index contributed by atoms with van der Waals surface area (Å²) in [6, 6.07) is 9.15. The van der Waals surface area contributed by atoms with Crippen molar-refractivity contribution in [2.75, 3.05) is 20.1 Å². The number of rotatable bonds is 7. The van der Waals surface area contributed by atoms with E-state index in [1.807, 2.05) is 22.7 Å². The molecule has 0 spiro atoms.